The van der Waals surface area contributed by atoms with Gasteiger partial charge < -0.3 is 0 Å². The molecule has 2 aromatic carbocycles. The van der Waals surface area contributed by atoms with E-state index in [1.807, 2.05) is 0 Å². The van der Waals surface area contributed by atoms with Crippen molar-refractivity contribution in [1.82, 2.24) is 5.43 Å². The van der Waals surface area contributed by atoms with Gasteiger partial charge in [0.2, 0.25) is 0 Å². The number of hydrazone groups is 1. The first-order valence-corrected chi connectivity index (χ1v) is 6.30. The Morgan fingerprint density at radius 1 is 1.00 bits per heavy atom. The summed E-state index contributed by atoms with van der Waals surface area (Å²) in [5.74, 6) is -0.726. The monoisotopic (exact) mass is 314 g/mol. The number of carbonyl (C=O) groups excluding carboxylic acids is 1. The molecule has 116 valence electrons. The highest BCUT2D eigenvalue weighted by molar-refractivity contribution is 5.98. The molecule has 0 aliphatic heterocycles. The summed E-state index contributed by atoms with van der Waals surface area (Å²) in [6.07, 6.45) is 1.27. The number of benzene rings is 2. The van der Waals surface area contributed by atoms with Gasteiger partial charge in [-0.3, -0.25) is 25.0 Å². The number of nitro benzene ring substituents is 2. The van der Waals surface area contributed by atoms with Crippen molar-refractivity contribution < 1.29 is 14.6 Å². The Bertz CT molecular complexity index is 786. The molecule has 9 heteroatoms. The molecule has 0 saturated carbocycles. The first-order valence-electron chi connectivity index (χ1n) is 6.30. The van der Waals surface area contributed by atoms with Crippen molar-refractivity contribution in [3.8, 4) is 0 Å². The predicted molar refractivity (Wildman–Crippen MR) is 81.3 cm³/mol. The third-order valence-corrected chi connectivity index (χ3v) is 2.83. The average Bonchev–Trinajstić information content (AvgIpc) is 2.55. The van der Waals surface area contributed by atoms with Crippen LogP contribution < -0.4 is 5.43 Å². The molecule has 1 amide bonds. The van der Waals surface area contributed by atoms with E-state index in [-0.39, 0.29) is 16.9 Å². The van der Waals surface area contributed by atoms with Crippen molar-refractivity contribution in [3.63, 3.8) is 0 Å². The number of amides is 1. The first-order chi connectivity index (χ1) is 11.0. The number of nitrogens with one attached hydrogen (secondary N) is 1. The SMILES string of the molecule is O=C(NN=Cc1ccc([N+](=O)[O-])cc1)c1ccccc1[N+](=O)[O-]. The third-order valence-electron chi connectivity index (χ3n) is 2.83. The highest BCUT2D eigenvalue weighted by atomic mass is 16.6. The van der Waals surface area contributed by atoms with E-state index in [2.05, 4.69) is 10.5 Å². The van der Waals surface area contributed by atoms with Gasteiger partial charge in [-0.25, -0.2) is 5.43 Å². The van der Waals surface area contributed by atoms with Crippen molar-refractivity contribution in [2.24, 2.45) is 5.10 Å². The lowest BCUT2D eigenvalue weighted by atomic mass is 10.2. The van der Waals surface area contributed by atoms with Gasteiger partial charge in [-0.15, -0.1) is 0 Å². The maximum Gasteiger partial charge on any atom is 0.282 e. The number of para-hydroxylation sites is 1. The van der Waals surface area contributed by atoms with Gasteiger partial charge in [-0.2, -0.15) is 5.10 Å². The van der Waals surface area contributed by atoms with Gasteiger partial charge in [0.05, 0.1) is 16.1 Å². The number of carbonyl (C=O) groups is 1. The van der Waals surface area contributed by atoms with Crippen LogP contribution in [0.25, 0.3) is 0 Å². The zero-order valence-corrected chi connectivity index (χ0v) is 11.6. The van der Waals surface area contributed by atoms with Crippen LogP contribution in [0.1, 0.15) is 15.9 Å². The van der Waals surface area contributed by atoms with Crippen molar-refractivity contribution in [3.05, 3.63) is 79.9 Å². The van der Waals surface area contributed by atoms with E-state index >= 15 is 0 Å². The van der Waals surface area contributed by atoms with Crippen LogP contribution in [0.3, 0.4) is 0 Å². The molecule has 0 atom stereocenters. The van der Waals surface area contributed by atoms with Crippen LogP contribution in [0.4, 0.5) is 11.4 Å². The van der Waals surface area contributed by atoms with Gasteiger partial charge in [0.15, 0.2) is 0 Å². The summed E-state index contributed by atoms with van der Waals surface area (Å²) in [4.78, 5) is 32.1. The molecule has 2 aromatic rings. The lowest BCUT2D eigenvalue weighted by Gasteiger charge is -2.01. The van der Waals surface area contributed by atoms with E-state index in [1.54, 1.807) is 0 Å². The summed E-state index contributed by atoms with van der Waals surface area (Å²) in [7, 11) is 0. The second-order valence-corrected chi connectivity index (χ2v) is 4.32. The van der Waals surface area contributed by atoms with Crippen molar-refractivity contribution >= 4 is 23.5 Å². The number of hydrogen-bond donors (Lipinski definition) is 1. The molecular formula is C14H10N4O5. The molecule has 0 radical (unpaired) electrons. The third kappa shape index (κ3) is 3.94. The molecule has 0 spiro atoms. The van der Waals surface area contributed by atoms with E-state index in [0.29, 0.717) is 5.56 Å². The lowest BCUT2D eigenvalue weighted by Crippen LogP contribution is -2.18. The highest BCUT2D eigenvalue weighted by Crippen LogP contribution is 2.17. The molecule has 0 aromatic heterocycles. The second kappa shape index (κ2) is 6.89. The number of hydrogen-bond acceptors (Lipinski definition) is 6. The van der Waals surface area contributed by atoms with Crippen LogP contribution in [-0.2, 0) is 0 Å². The fourth-order valence-corrected chi connectivity index (χ4v) is 1.73. The van der Waals surface area contributed by atoms with E-state index in [1.165, 1.54) is 54.7 Å². The molecule has 0 unspecified atom stereocenters. The molecule has 0 heterocycles. The molecule has 23 heavy (non-hydrogen) atoms. The molecule has 1 N–H and O–H groups in total. The molecule has 0 saturated heterocycles. The Hall–Kier alpha value is -3.62. The minimum absolute atomic E-state index is 0.0638. The second-order valence-electron chi connectivity index (χ2n) is 4.32. The average molecular weight is 314 g/mol. The predicted octanol–water partition coefficient (Wildman–Crippen LogP) is 2.27. The van der Waals surface area contributed by atoms with Crippen molar-refractivity contribution in [2.45, 2.75) is 0 Å². The quantitative estimate of drug-likeness (QED) is 0.514. The van der Waals surface area contributed by atoms with Crippen LogP contribution in [0, 0.1) is 20.2 Å². The minimum Gasteiger partial charge on any atom is -0.267 e. The summed E-state index contributed by atoms with van der Waals surface area (Å²) in [6, 6.07) is 11.0. The highest BCUT2D eigenvalue weighted by Gasteiger charge is 2.18. The lowest BCUT2D eigenvalue weighted by molar-refractivity contribution is -0.385. The largest absolute Gasteiger partial charge is 0.282 e. The van der Waals surface area contributed by atoms with Gasteiger partial charge in [0.25, 0.3) is 17.3 Å². The van der Waals surface area contributed by atoms with E-state index in [4.69, 9.17) is 0 Å². The fraction of sp³-hybridized carbons (Fsp3) is 0. The van der Waals surface area contributed by atoms with Crippen LogP contribution in [0.5, 0.6) is 0 Å². The Morgan fingerprint density at radius 3 is 2.26 bits per heavy atom. The Balaban J connectivity index is 2.07. The smallest absolute Gasteiger partial charge is 0.267 e. The Labute approximate surface area is 129 Å². The fourth-order valence-electron chi connectivity index (χ4n) is 1.73. The first kappa shape index (κ1) is 15.8. The van der Waals surface area contributed by atoms with E-state index in [0.717, 1.165) is 0 Å². The van der Waals surface area contributed by atoms with Crippen LogP contribution >= 0.6 is 0 Å². The summed E-state index contributed by atoms with van der Waals surface area (Å²) in [6.45, 7) is 0. The zero-order chi connectivity index (χ0) is 16.8. The van der Waals surface area contributed by atoms with Crippen LogP contribution in [0.15, 0.2) is 53.6 Å². The molecule has 0 aliphatic rings. The normalized spacial score (nSPS) is 10.4. The minimum atomic E-state index is -0.726. The van der Waals surface area contributed by atoms with Gasteiger partial charge in [-0.05, 0) is 23.8 Å². The summed E-state index contributed by atoms with van der Waals surface area (Å²) in [5.41, 5.74) is 2.20. The molecule has 0 fully saturated rings. The molecule has 9 nitrogen and oxygen atoms in total. The molecule has 0 aliphatic carbocycles. The summed E-state index contributed by atoms with van der Waals surface area (Å²) >= 11 is 0. The number of rotatable bonds is 5. The van der Waals surface area contributed by atoms with Crippen molar-refractivity contribution in [1.29, 1.82) is 0 Å². The Morgan fingerprint density at radius 2 is 1.65 bits per heavy atom. The number of nitrogens with zero attached hydrogens (tertiary/aromatic N) is 3. The standard InChI is InChI=1S/C14H10N4O5/c19-14(12-3-1-2-4-13(12)18(22)23)16-15-9-10-5-7-11(8-6-10)17(20)21/h1-9H,(H,16,19). The van der Waals surface area contributed by atoms with E-state index < -0.39 is 15.8 Å². The Kier molecular flexibility index (Phi) is 4.72. The maximum atomic E-state index is 11.9. The molecular weight excluding hydrogens is 304 g/mol. The topological polar surface area (TPSA) is 128 Å². The summed E-state index contributed by atoms with van der Waals surface area (Å²) in [5, 5.41) is 25.0. The van der Waals surface area contributed by atoms with Gasteiger partial charge in [0, 0.05) is 18.2 Å². The van der Waals surface area contributed by atoms with Gasteiger partial charge >= 0.3 is 0 Å². The maximum absolute atomic E-state index is 11.9. The zero-order valence-electron chi connectivity index (χ0n) is 11.6. The van der Waals surface area contributed by atoms with Crippen LogP contribution in [-0.4, -0.2) is 22.0 Å². The molecule has 0 bridgehead atoms. The molecule has 2 rings (SSSR count). The number of non-ortho nitro benzene ring substituents is 1. The van der Waals surface area contributed by atoms with Gasteiger partial charge in [0.1, 0.15) is 5.56 Å². The van der Waals surface area contributed by atoms with Crippen molar-refractivity contribution in [2.75, 3.05) is 0 Å². The van der Waals surface area contributed by atoms with Gasteiger partial charge in [-0.1, -0.05) is 12.1 Å². The van der Waals surface area contributed by atoms with E-state index in [9.17, 15) is 25.0 Å². The summed E-state index contributed by atoms with van der Waals surface area (Å²) < 4.78 is 0. The number of nitro groups is 2. The van der Waals surface area contributed by atoms with Crippen LogP contribution in [0.2, 0.25) is 0 Å².